The maximum Gasteiger partial charge on any atom is 0.335 e. The van der Waals surface area contributed by atoms with Gasteiger partial charge >= 0.3 is 5.97 Å². The number of hydrogen-bond donors (Lipinski definition) is 1. The van der Waals surface area contributed by atoms with Crippen molar-refractivity contribution in [3.63, 3.8) is 0 Å². The summed E-state index contributed by atoms with van der Waals surface area (Å²) in [5.41, 5.74) is 3.05. The van der Waals surface area contributed by atoms with Crippen molar-refractivity contribution >= 4 is 28.9 Å². The molecule has 0 fully saturated rings. The minimum atomic E-state index is -0.972. The van der Waals surface area contributed by atoms with Gasteiger partial charge in [0.2, 0.25) is 0 Å². The molecule has 0 atom stereocenters. The van der Waals surface area contributed by atoms with Crippen LogP contribution in [0.3, 0.4) is 0 Å². The fourth-order valence-corrected chi connectivity index (χ4v) is 4.86. The molecular formula is C21H14ClN3O3S. The van der Waals surface area contributed by atoms with Crippen molar-refractivity contribution in [3.05, 3.63) is 71.0 Å². The Labute approximate surface area is 175 Å². The first-order chi connectivity index (χ1) is 14.1. The van der Waals surface area contributed by atoms with Crippen molar-refractivity contribution < 1.29 is 14.6 Å². The lowest BCUT2D eigenvalue weighted by Crippen LogP contribution is -2.01. The molecule has 0 spiro atoms. The van der Waals surface area contributed by atoms with Gasteiger partial charge in [0.05, 0.1) is 27.8 Å². The summed E-state index contributed by atoms with van der Waals surface area (Å²) in [6, 6.07) is 14.6. The van der Waals surface area contributed by atoms with Crippen molar-refractivity contribution in [2.24, 2.45) is 0 Å². The van der Waals surface area contributed by atoms with E-state index in [1.54, 1.807) is 29.8 Å². The zero-order valence-electron chi connectivity index (χ0n) is 15.0. The maximum atomic E-state index is 11.3. The van der Waals surface area contributed by atoms with E-state index in [9.17, 15) is 9.90 Å². The SMILES string of the molecule is O=C(O)c1ccc2c(c1)OCCc1cc(-c3nncn3-c3ccccc3Cl)sc1-2. The lowest BCUT2D eigenvalue weighted by Gasteiger charge is -2.08. The number of carboxylic acids is 1. The highest BCUT2D eigenvalue weighted by Crippen LogP contribution is 2.44. The summed E-state index contributed by atoms with van der Waals surface area (Å²) in [6.07, 6.45) is 2.38. The predicted molar refractivity (Wildman–Crippen MR) is 111 cm³/mol. The Morgan fingerprint density at radius 2 is 2.07 bits per heavy atom. The molecule has 1 aliphatic heterocycles. The third kappa shape index (κ3) is 3.08. The number of rotatable bonds is 3. The molecular weight excluding hydrogens is 410 g/mol. The number of nitrogens with zero attached hydrogens (tertiary/aromatic N) is 3. The molecule has 0 saturated heterocycles. The van der Waals surface area contributed by atoms with Crippen LogP contribution in [0.5, 0.6) is 5.75 Å². The van der Waals surface area contributed by atoms with Crippen molar-refractivity contribution in [1.29, 1.82) is 0 Å². The summed E-state index contributed by atoms with van der Waals surface area (Å²) < 4.78 is 7.69. The first kappa shape index (κ1) is 17.9. The molecule has 8 heteroatoms. The van der Waals surface area contributed by atoms with Gasteiger partial charge in [-0.2, -0.15) is 0 Å². The molecule has 6 nitrogen and oxygen atoms in total. The highest BCUT2D eigenvalue weighted by atomic mass is 35.5. The van der Waals surface area contributed by atoms with E-state index in [0.717, 1.165) is 33.0 Å². The molecule has 3 heterocycles. The van der Waals surface area contributed by atoms with Gasteiger partial charge in [-0.3, -0.25) is 4.57 Å². The smallest absolute Gasteiger partial charge is 0.335 e. The maximum absolute atomic E-state index is 11.3. The fourth-order valence-electron chi connectivity index (χ4n) is 3.41. The zero-order valence-corrected chi connectivity index (χ0v) is 16.6. The largest absolute Gasteiger partial charge is 0.493 e. The number of fused-ring (bicyclic) bond motifs is 3. The number of para-hydroxylation sites is 1. The Hall–Kier alpha value is -3.16. The number of hydrogen-bond acceptors (Lipinski definition) is 5. The Morgan fingerprint density at radius 3 is 2.90 bits per heavy atom. The van der Waals surface area contributed by atoms with Gasteiger partial charge in [0.25, 0.3) is 0 Å². The molecule has 0 aliphatic carbocycles. The lowest BCUT2D eigenvalue weighted by atomic mass is 10.1. The van der Waals surface area contributed by atoms with Gasteiger partial charge in [-0.15, -0.1) is 21.5 Å². The van der Waals surface area contributed by atoms with Crippen molar-refractivity contribution in [1.82, 2.24) is 14.8 Å². The number of benzene rings is 2. The monoisotopic (exact) mass is 423 g/mol. The molecule has 2 aromatic heterocycles. The number of thiophene rings is 1. The van der Waals surface area contributed by atoms with Gasteiger partial charge in [-0.1, -0.05) is 23.7 Å². The average Bonchev–Trinajstić information content (AvgIpc) is 3.32. The van der Waals surface area contributed by atoms with E-state index in [2.05, 4.69) is 16.3 Å². The lowest BCUT2D eigenvalue weighted by molar-refractivity contribution is 0.0696. The molecule has 0 radical (unpaired) electrons. The Balaban J connectivity index is 1.63. The van der Waals surface area contributed by atoms with Crippen LogP contribution >= 0.6 is 22.9 Å². The quantitative estimate of drug-likeness (QED) is 0.504. The normalized spacial score (nSPS) is 12.6. The van der Waals surface area contributed by atoms with Crippen molar-refractivity contribution in [3.8, 4) is 32.6 Å². The summed E-state index contributed by atoms with van der Waals surface area (Å²) in [4.78, 5) is 13.3. The van der Waals surface area contributed by atoms with Crippen LogP contribution in [0.15, 0.2) is 54.9 Å². The number of carboxylic acid groups (broad SMARTS) is 1. The molecule has 144 valence electrons. The summed E-state index contributed by atoms with van der Waals surface area (Å²) in [6.45, 7) is 0.483. The molecule has 1 N–H and O–H groups in total. The highest BCUT2D eigenvalue weighted by molar-refractivity contribution is 7.19. The van der Waals surface area contributed by atoms with Crippen LogP contribution in [0.4, 0.5) is 0 Å². The van der Waals surface area contributed by atoms with Gasteiger partial charge in [-0.25, -0.2) is 4.79 Å². The average molecular weight is 424 g/mol. The summed E-state index contributed by atoms with van der Waals surface area (Å²) in [7, 11) is 0. The first-order valence-electron chi connectivity index (χ1n) is 8.90. The number of halogens is 1. The molecule has 2 aromatic carbocycles. The topological polar surface area (TPSA) is 77.2 Å². The van der Waals surface area contributed by atoms with Gasteiger partial charge in [0.15, 0.2) is 5.82 Å². The fraction of sp³-hybridized carbons (Fsp3) is 0.0952. The van der Waals surface area contributed by atoms with Crippen LogP contribution < -0.4 is 4.74 Å². The first-order valence-corrected chi connectivity index (χ1v) is 10.1. The standard InChI is InChI=1S/C21H14ClN3O3S/c22-15-3-1-2-4-16(15)25-11-23-24-20(25)18-10-12-7-8-28-17-9-13(21(26)27)5-6-14(17)19(12)29-18/h1-6,9-11H,7-8H2,(H,26,27). The van der Waals surface area contributed by atoms with Gasteiger partial charge in [-0.05, 0) is 42.0 Å². The van der Waals surface area contributed by atoms with Crippen LogP contribution in [0, 0.1) is 0 Å². The minimum Gasteiger partial charge on any atom is -0.493 e. The third-order valence-electron chi connectivity index (χ3n) is 4.79. The molecule has 0 saturated carbocycles. The predicted octanol–water partition coefficient (Wildman–Crippen LogP) is 4.95. The number of aromatic nitrogens is 3. The second-order valence-electron chi connectivity index (χ2n) is 6.56. The van der Waals surface area contributed by atoms with Crippen molar-refractivity contribution in [2.75, 3.05) is 6.61 Å². The zero-order chi connectivity index (χ0) is 20.0. The van der Waals surface area contributed by atoms with Crippen LogP contribution in [0.25, 0.3) is 26.8 Å². The van der Waals surface area contributed by atoms with E-state index in [1.165, 1.54) is 0 Å². The molecule has 0 amide bonds. The van der Waals surface area contributed by atoms with Crippen LogP contribution in [-0.4, -0.2) is 32.4 Å². The molecule has 4 aromatic rings. The molecule has 5 rings (SSSR count). The summed E-state index contributed by atoms with van der Waals surface area (Å²) in [5.74, 6) is 0.325. The number of aromatic carboxylic acids is 1. The van der Waals surface area contributed by atoms with Crippen LogP contribution in [0.1, 0.15) is 15.9 Å². The second kappa shape index (κ2) is 7.02. The van der Waals surface area contributed by atoms with E-state index >= 15 is 0 Å². The number of carbonyl (C=O) groups is 1. The molecule has 0 bridgehead atoms. The van der Waals surface area contributed by atoms with Crippen LogP contribution in [0.2, 0.25) is 5.02 Å². The van der Waals surface area contributed by atoms with E-state index in [4.69, 9.17) is 16.3 Å². The molecule has 1 aliphatic rings. The van der Waals surface area contributed by atoms with E-state index in [1.807, 2.05) is 34.9 Å². The van der Waals surface area contributed by atoms with Gasteiger partial charge in [0.1, 0.15) is 12.1 Å². The minimum absolute atomic E-state index is 0.211. The Morgan fingerprint density at radius 1 is 1.21 bits per heavy atom. The third-order valence-corrected chi connectivity index (χ3v) is 6.32. The summed E-state index contributed by atoms with van der Waals surface area (Å²) in [5, 5.41) is 18.3. The van der Waals surface area contributed by atoms with Crippen LogP contribution in [-0.2, 0) is 6.42 Å². The Bertz CT molecular complexity index is 1250. The van der Waals surface area contributed by atoms with Gasteiger partial charge in [0, 0.05) is 16.9 Å². The Kier molecular flexibility index (Phi) is 4.34. The summed E-state index contributed by atoms with van der Waals surface area (Å²) >= 11 is 7.95. The van der Waals surface area contributed by atoms with E-state index in [0.29, 0.717) is 23.2 Å². The molecule has 0 unspecified atom stereocenters. The molecule has 29 heavy (non-hydrogen) atoms. The van der Waals surface area contributed by atoms with E-state index in [-0.39, 0.29) is 5.56 Å². The van der Waals surface area contributed by atoms with Crippen molar-refractivity contribution in [2.45, 2.75) is 6.42 Å². The van der Waals surface area contributed by atoms with Gasteiger partial charge < -0.3 is 9.84 Å². The number of ether oxygens (including phenoxy) is 1. The second-order valence-corrected chi connectivity index (χ2v) is 8.01. The highest BCUT2D eigenvalue weighted by Gasteiger charge is 2.23. The van der Waals surface area contributed by atoms with E-state index < -0.39 is 5.97 Å².